The van der Waals surface area contributed by atoms with E-state index in [1.807, 2.05) is 30.3 Å². The Morgan fingerprint density at radius 2 is 1.89 bits per heavy atom. The Bertz CT molecular complexity index is 1360. The minimum atomic E-state index is -1.43. The number of hydrogen-bond donors (Lipinski definition) is 5. The first-order valence-electron chi connectivity index (χ1n) is 11.0. The van der Waals surface area contributed by atoms with Crippen molar-refractivity contribution in [3.63, 3.8) is 0 Å². The number of likely N-dealkylation sites (N-methyl/N-ethyl adjacent to an activating group) is 1. The predicted octanol–water partition coefficient (Wildman–Crippen LogP) is 1.18. The first kappa shape index (κ1) is 22.7. The van der Waals surface area contributed by atoms with Crippen molar-refractivity contribution >= 4 is 22.9 Å². The average molecular weight is 476 g/mol. The van der Waals surface area contributed by atoms with E-state index < -0.39 is 30.4 Å². The van der Waals surface area contributed by atoms with Crippen molar-refractivity contribution in [1.82, 2.24) is 24.8 Å². The quantitative estimate of drug-likeness (QED) is 0.276. The summed E-state index contributed by atoms with van der Waals surface area (Å²) in [4.78, 5) is 25.8. The molecule has 35 heavy (non-hydrogen) atoms. The molecule has 1 fully saturated rings. The number of nitrogens with one attached hydrogen (secondary N) is 2. The molecular formula is C24H24N6O5. The summed E-state index contributed by atoms with van der Waals surface area (Å²) in [5, 5.41) is 36.7. The molecule has 1 amide bonds. The monoisotopic (exact) mass is 476 g/mol. The third-order valence-corrected chi connectivity index (χ3v) is 5.85. The van der Waals surface area contributed by atoms with Crippen LogP contribution in [0.15, 0.2) is 60.9 Å². The number of fused-ring (bicyclic) bond motifs is 1. The predicted molar refractivity (Wildman–Crippen MR) is 126 cm³/mol. The van der Waals surface area contributed by atoms with Gasteiger partial charge in [0.1, 0.15) is 18.0 Å². The second kappa shape index (κ2) is 9.29. The van der Waals surface area contributed by atoms with Gasteiger partial charge in [0.25, 0.3) is 5.91 Å². The lowest BCUT2D eigenvalue weighted by molar-refractivity contribution is -0.137. The maximum absolute atomic E-state index is 12.1. The fourth-order valence-electron chi connectivity index (χ4n) is 4.03. The highest BCUT2D eigenvalue weighted by Crippen LogP contribution is 2.34. The molecule has 2 aromatic heterocycles. The van der Waals surface area contributed by atoms with Gasteiger partial charge in [-0.05, 0) is 17.7 Å². The number of hydrogen-bond acceptors (Lipinski definition) is 9. The van der Waals surface area contributed by atoms with E-state index in [1.165, 1.54) is 24.0 Å². The van der Waals surface area contributed by atoms with Crippen molar-refractivity contribution in [2.24, 2.45) is 0 Å². The number of phenols is 1. The first-order valence-corrected chi connectivity index (χ1v) is 11.0. The van der Waals surface area contributed by atoms with Crippen molar-refractivity contribution in [2.75, 3.05) is 12.4 Å². The molecule has 2 aromatic carbocycles. The van der Waals surface area contributed by atoms with Gasteiger partial charge in [-0.3, -0.25) is 9.36 Å². The van der Waals surface area contributed by atoms with Gasteiger partial charge in [-0.25, -0.2) is 15.0 Å². The van der Waals surface area contributed by atoms with Crippen LogP contribution in [0.1, 0.15) is 11.8 Å². The molecule has 180 valence electrons. The highest BCUT2D eigenvalue weighted by Gasteiger charge is 2.47. The van der Waals surface area contributed by atoms with Gasteiger partial charge in [-0.1, -0.05) is 42.5 Å². The number of imidazole rings is 1. The summed E-state index contributed by atoms with van der Waals surface area (Å²) >= 11 is 0. The van der Waals surface area contributed by atoms with Crippen LogP contribution in [0.25, 0.3) is 22.6 Å². The average Bonchev–Trinajstić information content (AvgIpc) is 3.43. The molecule has 11 nitrogen and oxygen atoms in total. The van der Waals surface area contributed by atoms with Crippen molar-refractivity contribution in [3.05, 3.63) is 66.5 Å². The van der Waals surface area contributed by atoms with Gasteiger partial charge < -0.3 is 30.7 Å². The summed E-state index contributed by atoms with van der Waals surface area (Å²) in [6.45, 7) is 0.472. The molecule has 0 bridgehead atoms. The Kier molecular flexibility index (Phi) is 6.03. The molecule has 0 aliphatic carbocycles. The number of aliphatic hydroxyl groups excluding tert-OH is 2. The topological polar surface area (TPSA) is 155 Å². The van der Waals surface area contributed by atoms with Gasteiger partial charge in [0.05, 0.1) is 6.33 Å². The number of carbonyl (C=O) groups excluding carboxylic acids is 1. The van der Waals surface area contributed by atoms with Crippen LogP contribution in [-0.2, 0) is 16.1 Å². The number of aromatic nitrogens is 4. The summed E-state index contributed by atoms with van der Waals surface area (Å²) in [5.74, 6) is 0.252. The number of anilines is 1. The highest BCUT2D eigenvalue weighted by molar-refractivity contribution is 5.85. The van der Waals surface area contributed by atoms with E-state index in [2.05, 4.69) is 25.6 Å². The Morgan fingerprint density at radius 3 is 2.63 bits per heavy atom. The number of phenolic OH excluding ortho intramolecular Hbond substituents is 1. The van der Waals surface area contributed by atoms with E-state index in [-0.39, 0.29) is 5.75 Å². The van der Waals surface area contributed by atoms with Crippen LogP contribution in [-0.4, -0.2) is 66.1 Å². The minimum absolute atomic E-state index is 0.0598. The van der Waals surface area contributed by atoms with E-state index in [0.717, 1.165) is 5.56 Å². The molecule has 11 heteroatoms. The fourth-order valence-corrected chi connectivity index (χ4v) is 4.03. The molecule has 4 aromatic rings. The van der Waals surface area contributed by atoms with Crippen molar-refractivity contribution in [3.8, 4) is 17.1 Å². The molecule has 4 atom stereocenters. The molecule has 0 saturated carbocycles. The largest absolute Gasteiger partial charge is 0.508 e. The lowest BCUT2D eigenvalue weighted by Crippen LogP contribution is -2.41. The van der Waals surface area contributed by atoms with E-state index in [1.54, 1.807) is 18.2 Å². The van der Waals surface area contributed by atoms with Crippen LogP contribution < -0.4 is 10.6 Å². The Morgan fingerprint density at radius 1 is 1.09 bits per heavy atom. The second-order valence-corrected chi connectivity index (χ2v) is 8.15. The maximum Gasteiger partial charge on any atom is 0.251 e. The number of carbonyl (C=O) groups is 1. The summed E-state index contributed by atoms with van der Waals surface area (Å²) < 4.78 is 7.18. The van der Waals surface area contributed by atoms with Crippen LogP contribution in [0.5, 0.6) is 5.75 Å². The summed E-state index contributed by atoms with van der Waals surface area (Å²) in [7, 11) is 1.42. The number of benzene rings is 2. The summed E-state index contributed by atoms with van der Waals surface area (Å²) in [6, 6.07) is 16.3. The van der Waals surface area contributed by atoms with E-state index >= 15 is 0 Å². The standard InChI is InChI=1S/C24H24N6O5/c1-25-23(34)19-17(32)18(33)24(35-19)30-12-27-16-21(26-11-13-6-3-2-4-7-13)28-20(29-22(16)30)14-8-5-9-15(31)10-14/h2-10,12,17-19,24,31-33H,11H2,1H3,(H,25,34)(H,26,28,29)/t17-,18+,19-,24+/m0/s1. The van der Waals surface area contributed by atoms with E-state index in [0.29, 0.717) is 34.9 Å². The van der Waals surface area contributed by atoms with Crippen molar-refractivity contribution in [1.29, 1.82) is 0 Å². The number of nitrogens with zero attached hydrogens (tertiary/aromatic N) is 4. The maximum atomic E-state index is 12.1. The molecule has 1 aliphatic rings. The van der Waals surface area contributed by atoms with Crippen molar-refractivity contribution < 1.29 is 24.9 Å². The zero-order chi connectivity index (χ0) is 24.5. The van der Waals surface area contributed by atoms with Crippen LogP contribution in [0.4, 0.5) is 5.82 Å². The normalized spacial score (nSPS) is 21.8. The van der Waals surface area contributed by atoms with Gasteiger partial charge in [0.2, 0.25) is 0 Å². The third kappa shape index (κ3) is 4.28. The number of aliphatic hydroxyl groups is 2. The Balaban J connectivity index is 1.58. The van der Waals surface area contributed by atoms with Gasteiger partial charge >= 0.3 is 0 Å². The molecule has 1 saturated heterocycles. The minimum Gasteiger partial charge on any atom is -0.508 e. The smallest absolute Gasteiger partial charge is 0.251 e. The second-order valence-electron chi connectivity index (χ2n) is 8.15. The van der Waals surface area contributed by atoms with Gasteiger partial charge in [0.15, 0.2) is 35.1 Å². The number of amides is 1. The summed E-state index contributed by atoms with van der Waals surface area (Å²) in [5.41, 5.74) is 2.34. The molecule has 0 radical (unpaired) electrons. The lowest BCUT2D eigenvalue weighted by atomic mass is 10.1. The van der Waals surface area contributed by atoms with Gasteiger partial charge in [0, 0.05) is 19.2 Å². The van der Waals surface area contributed by atoms with Gasteiger partial charge in [-0.15, -0.1) is 0 Å². The number of ether oxygens (including phenoxy) is 1. The molecule has 0 unspecified atom stereocenters. The SMILES string of the molecule is CNC(=O)[C@H]1O[C@@H](n2cnc3c(NCc4ccccc4)nc(-c4cccc(O)c4)nc32)[C@H](O)[C@@H]1O. The molecule has 5 N–H and O–H groups in total. The van der Waals surface area contributed by atoms with Crippen LogP contribution >= 0.6 is 0 Å². The third-order valence-electron chi connectivity index (χ3n) is 5.85. The van der Waals surface area contributed by atoms with Crippen LogP contribution in [0.2, 0.25) is 0 Å². The fraction of sp³-hybridized carbons (Fsp3) is 0.250. The molecular weight excluding hydrogens is 452 g/mol. The number of rotatable bonds is 6. The molecule has 3 heterocycles. The molecule has 5 rings (SSSR count). The van der Waals surface area contributed by atoms with Crippen LogP contribution in [0, 0.1) is 0 Å². The summed E-state index contributed by atoms with van der Waals surface area (Å²) in [6.07, 6.45) is -3.76. The highest BCUT2D eigenvalue weighted by atomic mass is 16.6. The van der Waals surface area contributed by atoms with E-state index in [9.17, 15) is 20.1 Å². The van der Waals surface area contributed by atoms with E-state index in [4.69, 9.17) is 4.74 Å². The number of aromatic hydroxyl groups is 1. The lowest BCUT2D eigenvalue weighted by Gasteiger charge is -2.17. The Hall–Kier alpha value is -4.06. The first-order chi connectivity index (χ1) is 17.0. The zero-order valence-corrected chi connectivity index (χ0v) is 18.7. The van der Waals surface area contributed by atoms with Gasteiger partial charge in [-0.2, -0.15) is 0 Å². The van der Waals surface area contributed by atoms with Crippen LogP contribution in [0.3, 0.4) is 0 Å². The van der Waals surface area contributed by atoms with Crippen molar-refractivity contribution in [2.45, 2.75) is 31.1 Å². The zero-order valence-electron chi connectivity index (χ0n) is 18.7. The molecule has 1 aliphatic heterocycles. The molecule has 0 spiro atoms. The Labute approximate surface area is 200 Å².